The molecule has 2 aromatic carbocycles. The number of carbonyl (C=O) groups excluding carboxylic acids is 1. The maximum absolute atomic E-state index is 11.2. The maximum Gasteiger partial charge on any atom is 1.00 e. The summed E-state index contributed by atoms with van der Waals surface area (Å²) in [5.41, 5.74) is 0.605. The summed E-state index contributed by atoms with van der Waals surface area (Å²) in [6, 6.07) is 14.0. The monoisotopic (exact) mass is 580 g/mol. The van der Waals surface area contributed by atoms with Gasteiger partial charge >= 0.3 is 109 Å². The minimum absolute atomic E-state index is 0. The number of benzene rings is 2. The fraction of sp³-hybridized carbons (Fsp3) is 0.391. The van der Waals surface area contributed by atoms with Crippen LogP contribution in [0.4, 0.5) is 0 Å². The molecule has 0 radical (unpaired) electrons. The summed E-state index contributed by atoms with van der Waals surface area (Å²) in [4.78, 5) is 23.8. The number of hydrogen-bond donors (Lipinski definition) is 1. The number of unbranched alkanes of at least 4 members (excludes halogenated alkanes) is 3. The van der Waals surface area contributed by atoms with Crippen molar-refractivity contribution in [3.63, 3.8) is 0 Å². The molecule has 0 bridgehead atoms. The van der Waals surface area contributed by atoms with E-state index < -0.39 is 11.9 Å². The van der Waals surface area contributed by atoms with Crippen LogP contribution in [0.2, 0.25) is 0 Å². The van der Waals surface area contributed by atoms with Gasteiger partial charge in [0.15, 0.2) is 0 Å². The van der Waals surface area contributed by atoms with E-state index in [0.717, 1.165) is 47.0 Å². The second-order valence-corrected chi connectivity index (χ2v) is 10.7. The van der Waals surface area contributed by atoms with Gasteiger partial charge in [-0.05, 0) is 31.0 Å². The average molecular weight is 581 g/mol. The standard InChI is InChI=1S/C20H22O4S4.3CH4.2K.H/c21-19(22)15-9-3-5-11-17(15)27-25-13-7-1-2-8-14-26-28-18-12-6-4-10-16(18)20(23)24;;;;;;/h3-6,9-12H,1-2,7-8,13-14H2,(H,21,22)(H,23,24);3*1H4;;;/q;;;;2*+1;-1/p-1. The Bertz CT molecular complexity index is 736. The third-order valence-corrected chi connectivity index (χ3v) is 8.73. The molecule has 0 saturated heterocycles. The summed E-state index contributed by atoms with van der Waals surface area (Å²) in [5, 5.41) is 20.2. The van der Waals surface area contributed by atoms with E-state index in [1.165, 1.54) is 21.6 Å². The Morgan fingerprint density at radius 2 is 1.12 bits per heavy atom. The summed E-state index contributed by atoms with van der Waals surface area (Å²) >= 11 is 0. The van der Waals surface area contributed by atoms with Gasteiger partial charge in [-0.25, -0.2) is 4.79 Å². The molecule has 0 saturated carbocycles. The van der Waals surface area contributed by atoms with E-state index in [-0.39, 0.29) is 132 Å². The third kappa shape index (κ3) is 17.2. The van der Waals surface area contributed by atoms with Crippen LogP contribution >= 0.6 is 43.2 Å². The molecule has 10 heteroatoms. The van der Waals surface area contributed by atoms with Crippen molar-refractivity contribution in [1.82, 2.24) is 0 Å². The van der Waals surface area contributed by atoms with Gasteiger partial charge in [0.2, 0.25) is 0 Å². The fourth-order valence-electron chi connectivity index (χ4n) is 2.31. The van der Waals surface area contributed by atoms with Crippen molar-refractivity contribution >= 4 is 55.1 Å². The van der Waals surface area contributed by atoms with Gasteiger partial charge in [0, 0.05) is 26.9 Å². The van der Waals surface area contributed by atoms with E-state index in [0.29, 0.717) is 5.56 Å². The molecule has 0 heterocycles. The second kappa shape index (κ2) is 25.7. The van der Waals surface area contributed by atoms with E-state index in [9.17, 15) is 14.7 Å². The molecule has 4 nitrogen and oxygen atoms in total. The van der Waals surface area contributed by atoms with Crippen LogP contribution in [0.15, 0.2) is 58.3 Å². The van der Waals surface area contributed by atoms with Crippen molar-refractivity contribution in [1.29, 1.82) is 0 Å². The number of carboxylic acids is 2. The molecular weight excluding hydrogens is 547 g/mol. The van der Waals surface area contributed by atoms with Gasteiger partial charge in [0.25, 0.3) is 0 Å². The number of carbonyl (C=O) groups is 2. The van der Waals surface area contributed by atoms with Crippen molar-refractivity contribution in [3.8, 4) is 0 Å². The summed E-state index contributed by atoms with van der Waals surface area (Å²) in [5.74, 6) is -0.0641. The topological polar surface area (TPSA) is 77.4 Å². The largest absolute Gasteiger partial charge is 1.00 e. The van der Waals surface area contributed by atoms with E-state index >= 15 is 0 Å². The van der Waals surface area contributed by atoms with Crippen LogP contribution < -0.4 is 108 Å². The summed E-state index contributed by atoms with van der Waals surface area (Å²) in [6.45, 7) is 0. The fourth-order valence-corrected chi connectivity index (χ4v) is 6.97. The number of rotatable bonds is 13. The van der Waals surface area contributed by atoms with Crippen LogP contribution in [0.3, 0.4) is 0 Å². The van der Waals surface area contributed by atoms with Crippen LogP contribution in [0.25, 0.3) is 0 Å². The molecule has 0 spiro atoms. The molecule has 176 valence electrons. The minimum Gasteiger partial charge on any atom is -1.00 e. The molecule has 0 fully saturated rings. The maximum atomic E-state index is 11.2. The smallest absolute Gasteiger partial charge is 1.00 e. The molecule has 0 aliphatic rings. The Morgan fingerprint density at radius 3 is 1.55 bits per heavy atom. The number of carboxylic acid groups (broad SMARTS) is 2. The molecule has 2 rings (SSSR count). The van der Waals surface area contributed by atoms with Crippen molar-refractivity contribution < 1.29 is 124 Å². The minimum atomic E-state index is -1.13. The first-order valence-corrected chi connectivity index (χ1v) is 13.4. The van der Waals surface area contributed by atoms with Gasteiger partial charge in [0.05, 0.1) is 11.5 Å². The molecule has 0 aromatic heterocycles. The summed E-state index contributed by atoms with van der Waals surface area (Å²) < 4.78 is 0. The molecule has 1 N–H and O–H groups in total. The van der Waals surface area contributed by atoms with E-state index in [1.54, 1.807) is 51.9 Å². The van der Waals surface area contributed by atoms with Crippen molar-refractivity contribution in [3.05, 3.63) is 59.7 Å². The van der Waals surface area contributed by atoms with E-state index in [2.05, 4.69) is 0 Å². The van der Waals surface area contributed by atoms with Gasteiger partial charge in [0.1, 0.15) is 0 Å². The zero-order chi connectivity index (χ0) is 20.2. The van der Waals surface area contributed by atoms with Gasteiger partial charge in [-0.2, -0.15) is 0 Å². The first-order chi connectivity index (χ1) is 13.6. The molecule has 0 atom stereocenters. The number of aromatic carboxylic acids is 2. The predicted octanol–water partition coefficient (Wildman–Crippen LogP) is 1.52. The van der Waals surface area contributed by atoms with E-state index in [4.69, 9.17) is 5.11 Å². The van der Waals surface area contributed by atoms with Crippen molar-refractivity contribution in [2.24, 2.45) is 0 Å². The van der Waals surface area contributed by atoms with Gasteiger partial charge in [-0.3, -0.25) is 0 Å². The Kier molecular flexibility index (Phi) is 32.8. The first-order valence-electron chi connectivity index (χ1n) is 8.81. The van der Waals surface area contributed by atoms with Crippen LogP contribution in [-0.4, -0.2) is 28.6 Å². The van der Waals surface area contributed by atoms with Gasteiger partial charge < -0.3 is 16.4 Å². The molecular formula is C23H34K2O4S4. The average Bonchev–Trinajstić information content (AvgIpc) is 2.69. The predicted molar refractivity (Wildman–Crippen MR) is 141 cm³/mol. The third-order valence-electron chi connectivity index (χ3n) is 3.73. The molecule has 0 amide bonds. The summed E-state index contributed by atoms with van der Waals surface area (Å²) in [7, 11) is 6.37. The Morgan fingerprint density at radius 1 is 0.727 bits per heavy atom. The SMILES string of the molecule is C.C.C.O=C([O-])c1ccccc1SSCCCCCCSSc1ccccc1C(=O)O.[H-].[K+].[K+]. The quantitative estimate of drug-likeness (QED) is 0.217. The molecule has 0 unspecified atom stereocenters. The zero-order valence-corrected chi connectivity index (χ0v) is 26.7. The summed E-state index contributed by atoms with van der Waals surface area (Å²) in [6.07, 6.45) is 4.45. The van der Waals surface area contributed by atoms with Crippen LogP contribution in [0.5, 0.6) is 0 Å². The first kappa shape index (κ1) is 42.2. The van der Waals surface area contributed by atoms with Crippen LogP contribution in [0, 0.1) is 0 Å². The van der Waals surface area contributed by atoms with Gasteiger partial charge in [-0.1, -0.05) is 109 Å². The Hall–Kier alpha value is 2.05. The zero-order valence-electron chi connectivity index (χ0n) is 18.2. The number of hydrogen-bond acceptors (Lipinski definition) is 7. The Balaban J connectivity index is -0.000000467. The van der Waals surface area contributed by atoms with Crippen molar-refractivity contribution in [2.45, 2.75) is 57.8 Å². The van der Waals surface area contributed by atoms with Crippen LogP contribution in [0.1, 0.15) is 70.1 Å². The normalized spacial score (nSPS) is 9.09. The van der Waals surface area contributed by atoms with Crippen molar-refractivity contribution in [2.75, 3.05) is 11.5 Å². The molecule has 0 aliphatic heterocycles. The second-order valence-electron chi connectivity index (χ2n) is 5.81. The van der Waals surface area contributed by atoms with Crippen LogP contribution in [-0.2, 0) is 0 Å². The molecule has 0 aliphatic carbocycles. The molecule has 2 aromatic rings. The van der Waals surface area contributed by atoms with Gasteiger partial charge in [-0.15, -0.1) is 0 Å². The molecule has 33 heavy (non-hydrogen) atoms. The van der Waals surface area contributed by atoms with E-state index in [1.807, 2.05) is 18.2 Å². The Labute approximate surface area is 302 Å².